The summed E-state index contributed by atoms with van der Waals surface area (Å²) in [5.41, 5.74) is 4.77. The number of nitrogens with zero attached hydrogens (tertiary/aromatic N) is 1. The van der Waals surface area contributed by atoms with Gasteiger partial charge in [0, 0.05) is 32.2 Å². The van der Waals surface area contributed by atoms with Crippen LogP contribution in [0.2, 0.25) is 0 Å². The van der Waals surface area contributed by atoms with Gasteiger partial charge in [-0.1, -0.05) is 11.8 Å². The molecule has 4 nitrogen and oxygen atoms in total. The van der Waals surface area contributed by atoms with Gasteiger partial charge in [0.15, 0.2) is 17.3 Å². The van der Waals surface area contributed by atoms with Crippen LogP contribution >= 0.6 is 11.8 Å². The number of ketones is 3. The van der Waals surface area contributed by atoms with Gasteiger partial charge in [-0.15, -0.1) is 0 Å². The zero-order chi connectivity index (χ0) is 20.7. The summed E-state index contributed by atoms with van der Waals surface area (Å²) in [5, 5.41) is 0. The van der Waals surface area contributed by atoms with Gasteiger partial charge < -0.3 is 4.90 Å². The van der Waals surface area contributed by atoms with Crippen molar-refractivity contribution in [3.8, 4) is 0 Å². The predicted molar refractivity (Wildman–Crippen MR) is 115 cm³/mol. The molecule has 0 aliphatic carbocycles. The van der Waals surface area contributed by atoms with Crippen LogP contribution in [0.15, 0.2) is 70.5 Å². The fraction of sp³-hybridized carbons (Fsp3) is 0.125. The Morgan fingerprint density at radius 3 is 1.45 bits per heavy atom. The Morgan fingerprint density at radius 1 is 0.621 bits per heavy atom. The fourth-order valence-electron chi connectivity index (χ4n) is 3.37. The van der Waals surface area contributed by atoms with Crippen LogP contribution < -0.4 is 4.90 Å². The highest BCUT2D eigenvalue weighted by Gasteiger charge is 2.26. The van der Waals surface area contributed by atoms with Gasteiger partial charge in [0.05, 0.1) is 11.4 Å². The summed E-state index contributed by atoms with van der Waals surface area (Å²) in [5.74, 6) is 0.0341. The van der Waals surface area contributed by atoms with Crippen molar-refractivity contribution >= 4 is 46.2 Å². The highest BCUT2D eigenvalue weighted by Crippen LogP contribution is 2.51. The Morgan fingerprint density at radius 2 is 1.03 bits per heavy atom. The maximum atomic E-state index is 11.9. The molecule has 5 heteroatoms. The van der Waals surface area contributed by atoms with Crippen LogP contribution in [0.3, 0.4) is 0 Å². The van der Waals surface area contributed by atoms with Gasteiger partial charge in [-0.2, -0.15) is 0 Å². The van der Waals surface area contributed by atoms with Crippen molar-refractivity contribution in [1.29, 1.82) is 0 Å². The first-order valence-electron chi connectivity index (χ1n) is 9.24. The molecule has 3 aromatic rings. The van der Waals surface area contributed by atoms with E-state index >= 15 is 0 Å². The smallest absolute Gasteiger partial charge is 0.159 e. The lowest BCUT2D eigenvalue weighted by Crippen LogP contribution is -2.16. The molecule has 0 N–H and O–H groups in total. The number of fused-ring (bicyclic) bond motifs is 2. The molecule has 1 aliphatic rings. The third-order valence-corrected chi connectivity index (χ3v) is 6.06. The molecule has 0 unspecified atom stereocenters. The molecule has 0 aromatic heterocycles. The van der Waals surface area contributed by atoms with Gasteiger partial charge in [-0.3, -0.25) is 14.4 Å². The molecule has 144 valence electrons. The van der Waals surface area contributed by atoms with Crippen molar-refractivity contribution in [2.45, 2.75) is 30.6 Å². The quantitative estimate of drug-likeness (QED) is 0.380. The molecular weight excluding hydrogens is 382 g/mol. The summed E-state index contributed by atoms with van der Waals surface area (Å²) in [6.07, 6.45) is 0. The van der Waals surface area contributed by atoms with E-state index in [9.17, 15) is 14.4 Å². The maximum absolute atomic E-state index is 11.9. The van der Waals surface area contributed by atoms with Crippen molar-refractivity contribution in [3.05, 3.63) is 77.4 Å². The van der Waals surface area contributed by atoms with Crippen molar-refractivity contribution in [2.24, 2.45) is 0 Å². The molecule has 0 atom stereocenters. The predicted octanol–water partition coefficient (Wildman–Crippen LogP) is 6.23. The second-order valence-corrected chi connectivity index (χ2v) is 8.10. The lowest BCUT2D eigenvalue weighted by molar-refractivity contribution is 0.100. The van der Waals surface area contributed by atoms with Crippen LogP contribution in [0.25, 0.3) is 0 Å². The third kappa shape index (κ3) is 3.49. The molecule has 3 aromatic carbocycles. The Labute approximate surface area is 173 Å². The lowest BCUT2D eigenvalue weighted by atomic mass is 10.1. The summed E-state index contributed by atoms with van der Waals surface area (Å²) in [4.78, 5) is 39.4. The minimum atomic E-state index is 0.00837. The van der Waals surface area contributed by atoms with Crippen molar-refractivity contribution in [1.82, 2.24) is 0 Å². The van der Waals surface area contributed by atoms with Gasteiger partial charge in [0.25, 0.3) is 0 Å². The van der Waals surface area contributed by atoms with E-state index in [1.165, 1.54) is 0 Å². The summed E-state index contributed by atoms with van der Waals surface area (Å²) in [6.45, 7) is 4.65. The number of anilines is 3. The van der Waals surface area contributed by atoms with E-state index in [4.69, 9.17) is 0 Å². The Kier molecular flexibility index (Phi) is 4.84. The van der Waals surface area contributed by atoms with E-state index in [-0.39, 0.29) is 17.3 Å². The standard InChI is InChI=1S/C24H19NO3S/c1-14(26)17-4-8-20(9-5-17)25-21-10-6-18(15(2)27)12-23(21)29-24-13-19(16(3)28)7-11-22(24)25/h4-13H,1-3H3. The first-order valence-corrected chi connectivity index (χ1v) is 10.1. The number of carbonyl (C=O) groups excluding carboxylic acids is 3. The van der Waals surface area contributed by atoms with Crippen molar-refractivity contribution < 1.29 is 14.4 Å². The van der Waals surface area contributed by atoms with E-state index in [1.807, 2.05) is 60.7 Å². The topological polar surface area (TPSA) is 54.5 Å². The third-order valence-electron chi connectivity index (χ3n) is 4.97. The molecule has 0 spiro atoms. The fourth-order valence-corrected chi connectivity index (χ4v) is 4.51. The molecule has 0 fully saturated rings. The van der Waals surface area contributed by atoms with Crippen LogP contribution in [0.1, 0.15) is 51.8 Å². The molecule has 0 radical (unpaired) electrons. The Balaban J connectivity index is 1.90. The number of rotatable bonds is 4. The first kappa shape index (κ1) is 19.2. The van der Waals surface area contributed by atoms with Crippen LogP contribution in [0.4, 0.5) is 17.1 Å². The average molecular weight is 401 g/mol. The van der Waals surface area contributed by atoms with Crippen LogP contribution in [-0.2, 0) is 0 Å². The number of hydrogen-bond donors (Lipinski definition) is 0. The molecular formula is C24H19NO3S. The average Bonchev–Trinajstić information content (AvgIpc) is 2.71. The van der Waals surface area contributed by atoms with Gasteiger partial charge in [0.2, 0.25) is 0 Å². The Bertz CT molecular complexity index is 1100. The van der Waals surface area contributed by atoms with Crippen LogP contribution in [0.5, 0.6) is 0 Å². The van der Waals surface area contributed by atoms with Gasteiger partial charge in [-0.05, 0) is 81.4 Å². The highest BCUT2D eigenvalue weighted by molar-refractivity contribution is 7.99. The molecule has 0 saturated heterocycles. The van der Waals surface area contributed by atoms with Crippen molar-refractivity contribution in [3.63, 3.8) is 0 Å². The van der Waals surface area contributed by atoms with Crippen LogP contribution in [-0.4, -0.2) is 17.3 Å². The highest BCUT2D eigenvalue weighted by atomic mass is 32.2. The molecule has 1 aliphatic heterocycles. The maximum Gasteiger partial charge on any atom is 0.159 e. The zero-order valence-electron chi connectivity index (χ0n) is 16.4. The van der Waals surface area contributed by atoms with Gasteiger partial charge in [-0.25, -0.2) is 0 Å². The lowest BCUT2D eigenvalue weighted by Gasteiger charge is -2.33. The largest absolute Gasteiger partial charge is 0.308 e. The number of Topliss-reactive ketones (excluding diaryl/α,β-unsaturated/α-hetero) is 3. The first-order chi connectivity index (χ1) is 13.8. The van der Waals surface area contributed by atoms with E-state index in [1.54, 1.807) is 32.5 Å². The molecule has 0 saturated carbocycles. The van der Waals surface area contributed by atoms with E-state index in [0.717, 1.165) is 26.9 Å². The molecule has 4 rings (SSSR count). The summed E-state index contributed by atoms with van der Waals surface area (Å²) >= 11 is 1.55. The minimum absolute atomic E-state index is 0.00837. The molecule has 0 amide bonds. The molecule has 1 heterocycles. The monoisotopic (exact) mass is 401 g/mol. The zero-order valence-corrected chi connectivity index (χ0v) is 17.2. The number of carbonyl (C=O) groups is 3. The second kappa shape index (κ2) is 7.33. The normalized spacial score (nSPS) is 12.2. The summed E-state index contributed by atoms with van der Waals surface area (Å²) < 4.78 is 0. The van der Waals surface area contributed by atoms with E-state index in [0.29, 0.717) is 16.7 Å². The van der Waals surface area contributed by atoms with Gasteiger partial charge in [0.1, 0.15) is 0 Å². The molecule has 0 bridgehead atoms. The second-order valence-electron chi connectivity index (χ2n) is 7.02. The molecule has 29 heavy (non-hydrogen) atoms. The SMILES string of the molecule is CC(=O)c1ccc(N2c3ccc(C(C)=O)cc3Sc3cc(C(C)=O)ccc32)cc1. The van der Waals surface area contributed by atoms with Crippen molar-refractivity contribution in [2.75, 3.05) is 4.90 Å². The Hall–Kier alpha value is -3.18. The van der Waals surface area contributed by atoms with Crippen LogP contribution in [0, 0.1) is 0 Å². The minimum Gasteiger partial charge on any atom is -0.308 e. The number of benzene rings is 3. The van der Waals surface area contributed by atoms with E-state index in [2.05, 4.69) is 4.90 Å². The number of hydrogen-bond acceptors (Lipinski definition) is 5. The summed E-state index contributed by atoms with van der Waals surface area (Å²) in [7, 11) is 0. The van der Waals surface area contributed by atoms with E-state index < -0.39 is 0 Å². The van der Waals surface area contributed by atoms with Gasteiger partial charge >= 0.3 is 0 Å². The summed E-state index contributed by atoms with van der Waals surface area (Å²) in [6, 6.07) is 18.8.